The SMILES string of the molecule is O=C(O)c1ccc(Br)c(OC2CCCCC2O)c1. The quantitative estimate of drug-likeness (QED) is 0.900. The number of carbonyl (C=O) groups is 1. The maximum absolute atomic E-state index is 10.9. The molecule has 0 bridgehead atoms. The molecule has 5 heteroatoms. The molecule has 0 amide bonds. The van der Waals surface area contributed by atoms with Crippen LogP contribution in [0.5, 0.6) is 5.75 Å². The van der Waals surface area contributed by atoms with Gasteiger partial charge >= 0.3 is 5.97 Å². The monoisotopic (exact) mass is 314 g/mol. The number of carboxylic acid groups (broad SMARTS) is 1. The summed E-state index contributed by atoms with van der Waals surface area (Å²) in [6.45, 7) is 0. The lowest BCUT2D eigenvalue weighted by atomic mass is 9.95. The van der Waals surface area contributed by atoms with Gasteiger partial charge in [0, 0.05) is 0 Å². The Balaban J connectivity index is 2.17. The second kappa shape index (κ2) is 5.71. The molecule has 98 valence electrons. The topological polar surface area (TPSA) is 66.8 Å². The number of rotatable bonds is 3. The van der Waals surface area contributed by atoms with Crippen LogP contribution in [0, 0.1) is 0 Å². The van der Waals surface area contributed by atoms with Crippen molar-refractivity contribution in [3.8, 4) is 5.75 Å². The zero-order valence-corrected chi connectivity index (χ0v) is 11.4. The zero-order chi connectivity index (χ0) is 13.1. The third-order valence-electron chi connectivity index (χ3n) is 3.12. The summed E-state index contributed by atoms with van der Waals surface area (Å²) in [4.78, 5) is 10.9. The number of hydrogen-bond donors (Lipinski definition) is 2. The molecule has 1 aromatic carbocycles. The summed E-state index contributed by atoms with van der Waals surface area (Å²) in [6, 6.07) is 4.64. The molecule has 0 saturated heterocycles. The molecule has 2 atom stereocenters. The highest BCUT2D eigenvalue weighted by Gasteiger charge is 2.25. The summed E-state index contributed by atoms with van der Waals surface area (Å²) >= 11 is 3.33. The largest absolute Gasteiger partial charge is 0.487 e. The molecule has 1 aliphatic carbocycles. The predicted molar refractivity (Wildman–Crippen MR) is 70.0 cm³/mol. The van der Waals surface area contributed by atoms with Gasteiger partial charge in [-0.15, -0.1) is 0 Å². The molecule has 1 aliphatic rings. The van der Waals surface area contributed by atoms with E-state index in [4.69, 9.17) is 9.84 Å². The van der Waals surface area contributed by atoms with Crippen LogP contribution in [0.4, 0.5) is 0 Å². The van der Waals surface area contributed by atoms with Crippen molar-refractivity contribution >= 4 is 21.9 Å². The van der Waals surface area contributed by atoms with Crippen LogP contribution in [0.1, 0.15) is 36.0 Å². The second-order valence-corrected chi connectivity index (χ2v) is 5.31. The normalized spacial score (nSPS) is 23.7. The summed E-state index contributed by atoms with van der Waals surface area (Å²) in [5, 5.41) is 18.8. The van der Waals surface area contributed by atoms with Gasteiger partial charge in [-0.25, -0.2) is 4.79 Å². The van der Waals surface area contributed by atoms with Crippen LogP contribution >= 0.6 is 15.9 Å². The highest BCUT2D eigenvalue weighted by atomic mass is 79.9. The third-order valence-corrected chi connectivity index (χ3v) is 3.78. The molecular formula is C13H15BrO4. The second-order valence-electron chi connectivity index (χ2n) is 4.46. The summed E-state index contributed by atoms with van der Waals surface area (Å²) < 4.78 is 6.43. The molecule has 2 N–H and O–H groups in total. The number of aromatic carboxylic acids is 1. The van der Waals surface area contributed by atoms with E-state index in [1.165, 1.54) is 12.1 Å². The fourth-order valence-corrected chi connectivity index (χ4v) is 2.44. The Morgan fingerprint density at radius 2 is 2.06 bits per heavy atom. The molecule has 0 radical (unpaired) electrons. The van der Waals surface area contributed by atoms with Gasteiger partial charge in [0.2, 0.25) is 0 Å². The predicted octanol–water partition coefficient (Wildman–Crippen LogP) is 2.83. The molecule has 0 aliphatic heterocycles. The lowest BCUT2D eigenvalue weighted by Gasteiger charge is -2.28. The summed E-state index contributed by atoms with van der Waals surface area (Å²) in [6.07, 6.45) is 2.85. The van der Waals surface area contributed by atoms with E-state index >= 15 is 0 Å². The molecule has 0 spiro atoms. The van der Waals surface area contributed by atoms with Gasteiger partial charge in [-0.2, -0.15) is 0 Å². The van der Waals surface area contributed by atoms with Crippen LogP contribution in [0.2, 0.25) is 0 Å². The molecule has 0 heterocycles. The molecule has 2 unspecified atom stereocenters. The Kier molecular flexibility index (Phi) is 4.24. The van der Waals surface area contributed by atoms with E-state index in [-0.39, 0.29) is 11.7 Å². The van der Waals surface area contributed by atoms with E-state index in [9.17, 15) is 9.90 Å². The summed E-state index contributed by atoms with van der Waals surface area (Å²) in [5.74, 6) is -0.516. The first kappa shape index (κ1) is 13.4. The van der Waals surface area contributed by atoms with Gasteiger partial charge in [-0.05, 0) is 53.4 Å². The van der Waals surface area contributed by atoms with E-state index in [0.717, 1.165) is 25.7 Å². The Morgan fingerprint density at radius 1 is 1.33 bits per heavy atom. The van der Waals surface area contributed by atoms with Gasteiger partial charge in [0.15, 0.2) is 0 Å². The Hall–Kier alpha value is -1.07. The van der Waals surface area contributed by atoms with Crippen LogP contribution in [0.3, 0.4) is 0 Å². The van der Waals surface area contributed by atoms with Gasteiger partial charge in [0.1, 0.15) is 11.9 Å². The fourth-order valence-electron chi connectivity index (χ4n) is 2.10. The van der Waals surface area contributed by atoms with E-state index in [1.807, 2.05) is 0 Å². The number of halogens is 1. The fraction of sp³-hybridized carbons (Fsp3) is 0.462. The molecule has 2 rings (SSSR count). The van der Waals surface area contributed by atoms with Crippen LogP contribution in [-0.4, -0.2) is 28.4 Å². The van der Waals surface area contributed by atoms with Gasteiger partial charge in [0.25, 0.3) is 0 Å². The number of hydrogen-bond acceptors (Lipinski definition) is 3. The lowest BCUT2D eigenvalue weighted by Crippen LogP contribution is -2.34. The lowest BCUT2D eigenvalue weighted by molar-refractivity contribution is 0.00643. The van der Waals surface area contributed by atoms with Crippen molar-refractivity contribution in [1.29, 1.82) is 0 Å². The average molecular weight is 315 g/mol. The molecule has 1 aromatic rings. The minimum atomic E-state index is -0.989. The van der Waals surface area contributed by atoms with E-state index in [2.05, 4.69) is 15.9 Å². The van der Waals surface area contributed by atoms with Gasteiger partial charge in [-0.3, -0.25) is 0 Å². The van der Waals surface area contributed by atoms with E-state index in [1.54, 1.807) is 6.07 Å². The maximum Gasteiger partial charge on any atom is 0.335 e. The molecular weight excluding hydrogens is 300 g/mol. The van der Waals surface area contributed by atoms with Crippen LogP contribution in [0.25, 0.3) is 0 Å². The highest BCUT2D eigenvalue weighted by Crippen LogP contribution is 2.30. The maximum atomic E-state index is 10.9. The highest BCUT2D eigenvalue weighted by molar-refractivity contribution is 9.10. The Bertz CT molecular complexity index is 447. The van der Waals surface area contributed by atoms with Crippen molar-refractivity contribution in [2.24, 2.45) is 0 Å². The number of ether oxygens (including phenoxy) is 1. The van der Waals surface area contributed by atoms with Gasteiger partial charge < -0.3 is 14.9 Å². The van der Waals surface area contributed by atoms with Crippen LogP contribution in [0.15, 0.2) is 22.7 Å². The molecule has 18 heavy (non-hydrogen) atoms. The minimum absolute atomic E-state index is 0.179. The van der Waals surface area contributed by atoms with Crippen LogP contribution < -0.4 is 4.74 Å². The molecule has 1 saturated carbocycles. The van der Waals surface area contributed by atoms with Crippen LogP contribution in [-0.2, 0) is 0 Å². The number of carboxylic acids is 1. The van der Waals surface area contributed by atoms with E-state index in [0.29, 0.717) is 10.2 Å². The van der Waals surface area contributed by atoms with E-state index < -0.39 is 12.1 Å². The molecule has 4 nitrogen and oxygen atoms in total. The Labute approximate surface area is 114 Å². The Morgan fingerprint density at radius 3 is 2.72 bits per heavy atom. The van der Waals surface area contributed by atoms with Gasteiger partial charge in [-0.1, -0.05) is 6.42 Å². The first-order valence-electron chi connectivity index (χ1n) is 5.95. The first-order valence-corrected chi connectivity index (χ1v) is 6.75. The smallest absolute Gasteiger partial charge is 0.335 e. The zero-order valence-electron chi connectivity index (χ0n) is 9.80. The molecule has 0 aromatic heterocycles. The van der Waals surface area contributed by atoms with Crippen molar-refractivity contribution in [3.05, 3.63) is 28.2 Å². The minimum Gasteiger partial charge on any atom is -0.487 e. The average Bonchev–Trinajstić information content (AvgIpc) is 2.34. The first-order chi connectivity index (χ1) is 8.58. The van der Waals surface area contributed by atoms with Crippen molar-refractivity contribution in [3.63, 3.8) is 0 Å². The third kappa shape index (κ3) is 3.03. The number of aliphatic hydroxyl groups is 1. The van der Waals surface area contributed by atoms with Crippen molar-refractivity contribution in [2.75, 3.05) is 0 Å². The number of aliphatic hydroxyl groups excluding tert-OH is 1. The summed E-state index contributed by atoms with van der Waals surface area (Å²) in [5.41, 5.74) is 0.179. The van der Waals surface area contributed by atoms with Crippen molar-refractivity contribution in [1.82, 2.24) is 0 Å². The number of benzene rings is 1. The van der Waals surface area contributed by atoms with Crippen molar-refractivity contribution in [2.45, 2.75) is 37.9 Å². The van der Waals surface area contributed by atoms with Crippen molar-refractivity contribution < 1.29 is 19.7 Å². The summed E-state index contributed by atoms with van der Waals surface area (Å²) in [7, 11) is 0. The molecule has 1 fully saturated rings. The standard InChI is InChI=1S/C13H15BrO4/c14-9-6-5-8(13(16)17)7-12(9)18-11-4-2-1-3-10(11)15/h5-7,10-11,15H,1-4H2,(H,16,17). The van der Waals surface area contributed by atoms with Gasteiger partial charge in [0.05, 0.1) is 16.1 Å².